The minimum atomic E-state index is 0.671. The Morgan fingerprint density at radius 3 is 2.88 bits per heavy atom. The molecule has 1 aliphatic carbocycles. The lowest BCUT2D eigenvalue weighted by molar-refractivity contribution is 0.202. The van der Waals surface area contributed by atoms with Gasteiger partial charge in [-0.05, 0) is 18.8 Å². The molecule has 1 aromatic heterocycles. The molecule has 2 rings (SSSR count). The van der Waals surface area contributed by atoms with Crippen LogP contribution >= 0.6 is 0 Å². The van der Waals surface area contributed by atoms with Crippen LogP contribution in [0.3, 0.4) is 0 Å². The molecule has 1 aromatic rings. The van der Waals surface area contributed by atoms with E-state index in [1.807, 2.05) is 13.1 Å². The molecule has 0 bridgehead atoms. The molecule has 0 spiro atoms. The van der Waals surface area contributed by atoms with E-state index in [0.29, 0.717) is 11.8 Å². The summed E-state index contributed by atoms with van der Waals surface area (Å²) in [6.45, 7) is 0.792. The number of nitrogens with zero attached hydrogens (tertiary/aromatic N) is 2. The topological polar surface area (TPSA) is 47.0 Å². The fraction of sp³-hybridized carbons (Fsp3) is 0.667. The summed E-state index contributed by atoms with van der Waals surface area (Å²) in [5, 5.41) is 2.97. The Morgan fingerprint density at radius 1 is 1.31 bits per heavy atom. The van der Waals surface area contributed by atoms with E-state index in [1.165, 1.54) is 38.4 Å². The number of ether oxygens (including phenoxy) is 1. The maximum absolute atomic E-state index is 5.70. The second-order valence-corrected chi connectivity index (χ2v) is 4.31. The lowest BCUT2D eigenvalue weighted by Crippen LogP contribution is -2.15. The number of rotatable bonds is 4. The molecule has 0 atom stereocenters. The zero-order valence-electron chi connectivity index (χ0n) is 9.78. The molecule has 0 unspecified atom stereocenters. The van der Waals surface area contributed by atoms with Crippen molar-refractivity contribution in [2.75, 3.05) is 19.0 Å². The second-order valence-electron chi connectivity index (χ2n) is 4.31. The molecule has 4 nitrogen and oxygen atoms in total. The molecule has 1 fully saturated rings. The minimum Gasteiger partial charge on any atom is -0.477 e. The van der Waals surface area contributed by atoms with Crippen molar-refractivity contribution >= 4 is 5.82 Å². The standard InChI is InChI=1S/C12H19N3O/c1-13-11-7-12(15-9-14-11)16-8-10-5-3-2-4-6-10/h7,9-10H,2-6,8H2,1H3,(H,13,14,15). The Hall–Kier alpha value is -1.32. The van der Waals surface area contributed by atoms with Crippen LogP contribution in [0.2, 0.25) is 0 Å². The zero-order chi connectivity index (χ0) is 11.2. The summed E-state index contributed by atoms with van der Waals surface area (Å²) in [7, 11) is 1.84. The van der Waals surface area contributed by atoms with Crippen molar-refractivity contribution in [3.8, 4) is 5.88 Å². The molecule has 0 amide bonds. The summed E-state index contributed by atoms with van der Waals surface area (Å²) in [6, 6.07) is 1.84. The Bertz CT molecular complexity index is 324. The van der Waals surface area contributed by atoms with Gasteiger partial charge in [0.15, 0.2) is 0 Å². The van der Waals surface area contributed by atoms with Crippen molar-refractivity contribution in [1.82, 2.24) is 9.97 Å². The number of nitrogens with one attached hydrogen (secondary N) is 1. The predicted molar refractivity (Wildman–Crippen MR) is 63.6 cm³/mol. The molecule has 4 heteroatoms. The maximum atomic E-state index is 5.70. The molecule has 1 aliphatic rings. The molecule has 16 heavy (non-hydrogen) atoms. The van der Waals surface area contributed by atoms with Crippen LogP contribution < -0.4 is 10.1 Å². The number of hydrogen-bond acceptors (Lipinski definition) is 4. The van der Waals surface area contributed by atoms with Gasteiger partial charge in [-0.15, -0.1) is 0 Å². The van der Waals surface area contributed by atoms with E-state index in [1.54, 1.807) is 0 Å². The largest absolute Gasteiger partial charge is 0.477 e. The van der Waals surface area contributed by atoms with Crippen molar-refractivity contribution < 1.29 is 4.74 Å². The van der Waals surface area contributed by atoms with Crippen molar-refractivity contribution in [3.05, 3.63) is 12.4 Å². The van der Waals surface area contributed by atoms with Gasteiger partial charge in [-0.25, -0.2) is 9.97 Å². The molecular formula is C12H19N3O. The first kappa shape index (κ1) is 11.2. The van der Waals surface area contributed by atoms with E-state index in [4.69, 9.17) is 4.74 Å². The first-order chi connectivity index (χ1) is 7.88. The third-order valence-electron chi connectivity index (χ3n) is 3.09. The van der Waals surface area contributed by atoms with Gasteiger partial charge in [0.25, 0.3) is 0 Å². The highest BCUT2D eigenvalue weighted by Gasteiger charge is 2.14. The summed E-state index contributed by atoms with van der Waals surface area (Å²) in [5.74, 6) is 2.18. The summed E-state index contributed by atoms with van der Waals surface area (Å²) in [5.41, 5.74) is 0. The van der Waals surface area contributed by atoms with Crippen molar-refractivity contribution in [2.24, 2.45) is 5.92 Å². The molecule has 0 saturated heterocycles. The van der Waals surface area contributed by atoms with Gasteiger partial charge in [0, 0.05) is 13.1 Å². The monoisotopic (exact) mass is 221 g/mol. The normalized spacial score (nSPS) is 17.1. The average molecular weight is 221 g/mol. The number of hydrogen-bond donors (Lipinski definition) is 1. The fourth-order valence-corrected chi connectivity index (χ4v) is 2.11. The molecule has 1 heterocycles. The van der Waals surface area contributed by atoms with Crippen LogP contribution in [-0.2, 0) is 0 Å². The van der Waals surface area contributed by atoms with Gasteiger partial charge in [0.05, 0.1) is 6.61 Å². The smallest absolute Gasteiger partial charge is 0.218 e. The fourth-order valence-electron chi connectivity index (χ4n) is 2.11. The summed E-state index contributed by atoms with van der Waals surface area (Å²) in [6.07, 6.45) is 8.20. The lowest BCUT2D eigenvalue weighted by Gasteiger charge is -2.21. The first-order valence-electron chi connectivity index (χ1n) is 6.01. The molecule has 88 valence electrons. The minimum absolute atomic E-state index is 0.671. The van der Waals surface area contributed by atoms with E-state index in [-0.39, 0.29) is 0 Å². The van der Waals surface area contributed by atoms with Crippen LogP contribution in [0.25, 0.3) is 0 Å². The van der Waals surface area contributed by atoms with Gasteiger partial charge in [-0.3, -0.25) is 0 Å². The van der Waals surface area contributed by atoms with Crippen LogP contribution in [0.1, 0.15) is 32.1 Å². The molecule has 0 radical (unpaired) electrons. The van der Waals surface area contributed by atoms with E-state index < -0.39 is 0 Å². The van der Waals surface area contributed by atoms with Crippen molar-refractivity contribution in [1.29, 1.82) is 0 Å². The second kappa shape index (κ2) is 5.68. The van der Waals surface area contributed by atoms with Gasteiger partial charge in [0.1, 0.15) is 12.1 Å². The highest BCUT2D eigenvalue weighted by Crippen LogP contribution is 2.24. The molecular weight excluding hydrogens is 202 g/mol. The maximum Gasteiger partial charge on any atom is 0.218 e. The molecule has 0 aromatic carbocycles. The number of anilines is 1. The lowest BCUT2D eigenvalue weighted by atomic mass is 9.90. The van der Waals surface area contributed by atoms with Crippen LogP contribution in [0.15, 0.2) is 12.4 Å². The summed E-state index contributed by atoms with van der Waals surface area (Å²) in [4.78, 5) is 8.15. The highest BCUT2D eigenvalue weighted by atomic mass is 16.5. The Balaban J connectivity index is 1.83. The van der Waals surface area contributed by atoms with Gasteiger partial charge < -0.3 is 10.1 Å². The molecule has 0 aliphatic heterocycles. The third-order valence-corrected chi connectivity index (χ3v) is 3.09. The first-order valence-corrected chi connectivity index (χ1v) is 6.01. The third kappa shape index (κ3) is 3.08. The Labute approximate surface area is 96.4 Å². The number of aromatic nitrogens is 2. The quantitative estimate of drug-likeness (QED) is 0.848. The SMILES string of the molecule is CNc1cc(OCC2CCCCC2)ncn1. The van der Waals surface area contributed by atoms with E-state index in [9.17, 15) is 0 Å². The predicted octanol–water partition coefficient (Wildman–Crippen LogP) is 2.48. The van der Waals surface area contributed by atoms with Crippen LogP contribution in [0, 0.1) is 5.92 Å². The molecule has 1 N–H and O–H groups in total. The van der Waals surface area contributed by atoms with Crippen molar-refractivity contribution in [3.63, 3.8) is 0 Å². The van der Waals surface area contributed by atoms with Crippen molar-refractivity contribution in [2.45, 2.75) is 32.1 Å². The van der Waals surface area contributed by atoms with Crippen LogP contribution in [0.5, 0.6) is 5.88 Å². The van der Waals surface area contributed by atoms with Crippen LogP contribution in [0.4, 0.5) is 5.82 Å². The Morgan fingerprint density at radius 2 is 2.12 bits per heavy atom. The van der Waals surface area contributed by atoms with E-state index in [2.05, 4.69) is 15.3 Å². The van der Waals surface area contributed by atoms with Crippen LogP contribution in [-0.4, -0.2) is 23.6 Å². The summed E-state index contributed by atoms with van der Waals surface area (Å²) >= 11 is 0. The highest BCUT2D eigenvalue weighted by molar-refractivity contribution is 5.35. The average Bonchev–Trinajstić information content (AvgIpc) is 2.38. The van der Waals surface area contributed by atoms with E-state index in [0.717, 1.165) is 12.4 Å². The van der Waals surface area contributed by atoms with Gasteiger partial charge in [0.2, 0.25) is 5.88 Å². The van der Waals surface area contributed by atoms with Gasteiger partial charge >= 0.3 is 0 Å². The molecule has 1 saturated carbocycles. The Kier molecular flexibility index (Phi) is 3.97. The summed E-state index contributed by atoms with van der Waals surface area (Å²) < 4.78 is 5.70. The van der Waals surface area contributed by atoms with E-state index >= 15 is 0 Å². The van der Waals surface area contributed by atoms with Gasteiger partial charge in [-0.1, -0.05) is 19.3 Å². The van der Waals surface area contributed by atoms with Gasteiger partial charge in [-0.2, -0.15) is 0 Å². The zero-order valence-corrected chi connectivity index (χ0v) is 9.78.